The second-order valence-electron chi connectivity index (χ2n) is 8.92. The molecule has 10 nitrogen and oxygen atoms in total. The molecular weight excluding hydrogens is 544 g/mol. The Morgan fingerprint density at radius 1 is 0.571 bits per heavy atom. The van der Waals surface area contributed by atoms with Crippen LogP contribution < -0.4 is 14.2 Å². The van der Waals surface area contributed by atoms with Crippen molar-refractivity contribution in [2.75, 3.05) is 20.2 Å². The Morgan fingerprint density at radius 3 is 1.45 bits per heavy atom. The third kappa shape index (κ3) is 9.98. The molecule has 0 saturated carbocycles. The van der Waals surface area contributed by atoms with Crippen molar-refractivity contribution in [1.82, 2.24) is 0 Å². The molecule has 3 rings (SSSR count). The monoisotopic (exact) mass is 574 g/mol. The van der Waals surface area contributed by atoms with Crippen LogP contribution in [-0.2, 0) is 30.2 Å². The summed E-state index contributed by atoms with van der Waals surface area (Å²) in [6.45, 7) is 9.63. The summed E-state index contributed by atoms with van der Waals surface area (Å²) in [4.78, 5) is 47.5. The lowest BCUT2D eigenvalue weighted by Gasteiger charge is -2.09. The molecule has 0 amide bonds. The van der Waals surface area contributed by atoms with Gasteiger partial charge in [0.25, 0.3) is 0 Å². The minimum Gasteiger partial charge on any atom is -0.462 e. The van der Waals surface area contributed by atoms with Crippen LogP contribution in [0.15, 0.2) is 97.1 Å². The van der Waals surface area contributed by atoms with Crippen molar-refractivity contribution in [1.29, 1.82) is 0 Å². The van der Waals surface area contributed by atoms with Gasteiger partial charge in [0.05, 0.1) is 17.7 Å². The number of benzene rings is 3. The molecule has 42 heavy (non-hydrogen) atoms. The van der Waals surface area contributed by atoms with Crippen LogP contribution in [0.4, 0.5) is 0 Å². The van der Waals surface area contributed by atoms with Gasteiger partial charge in [0.15, 0.2) is 0 Å². The highest BCUT2D eigenvalue weighted by Gasteiger charge is 2.11. The molecule has 0 N–H and O–H groups in total. The summed E-state index contributed by atoms with van der Waals surface area (Å²) in [6, 6.07) is 19.2. The fourth-order valence-corrected chi connectivity index (χ4v) is 3.16. The minimum atomic E-state index is -0.557. The third-order valence-electron chi connectivity index (χ3n) is 5.47. The molecule has 0 unspecified atom stereocenters. The predicted octanol–water partition coefficient (Wildman–Crippen LogP) is 5.22. The number of carbonyl (C=O) groups is 4. The molecular formula is C32H30O10. The van der Waals surface area contributed by atoms with E-state index in [0.29, 0.717) is 34.8 Å². The van der Waals surface area contributed by atoms with Gasteiger partial charge in [0.1, 0.15) is 17.2 Å². The van der Waals surface area contributed by atoms with Crippen LogP contribution in [0.25, 0.3) is 0 Å². The zero-order valence-corrected chi connectivity index (χ0v) is 23.3. The first-order valence-electron chi connectivity index (χ1n) is 12.7. The second kappa shape index (κ2) is 15.4. The number of esters is 4. The smallest absolute Gasteiger partial charge is 0.343 e. The molecule has 0 spiro atoms. The van der Waals surface area contributed by atoms with Crippen molar-refractivity contribution >= 4 is 23.9 Å². The molecule has 0 bridgehead atoms. The molecule has 0 fully saturated rings. The molecule has 0 radical (unpaired) electrons. The van der Waals surface area contributed by atoms with Crippen LogP contribution in [0.2, 0.25) is 0 Å². The molecule has 0 aliphatic heterocycles. The third-order valence-corrected chi connectivity index (χ3v) is 5.47. The molecule has 10 heteroatoms. The van der Waals surface area contributed by atoms with E-state index in [4.69, 9.17) is 28.4 Å². The summed E-state index contributed by atoms with van der Waals surface area (Å²) in [6.07, 6.45) is 0.457. The van der Waals surface area contributed by atoms with Crippen LogP contribution in [0.3, 0.4) is 0 Å². The first-order valence-corrected chi connectivity index (χ1v) is 12.7. The predicted molar refractivity (Wildman–Crippen MR) is 151 cm³/mol. The topological polar surface area (TPSA) is 124 Å². The number of hydrogen-bond donors (Lipinski definition) is 0. The summed E-state index contributed by atoms with van der Waals surface area (Å²) in [5, 5.41) is 0. The maximum absolute atomic E-state index is 12.5. The second-order valence-corrected chi connectivity index (χ2v) is 8.92. The van der Waals surface area contributed by atoms with Gasteiger partial charge in [-0.3, -0.25) is 0 Å². The Morgan fingerprint density at radius 2 is 1.00 bits per heavy atom. The molecule has 0 atom stereocenters. The maximum Gasteiger partial charge on any atom is 0.343 e. The summed E-state index contributed by atoms with van der Waals surface area (Å²) in [7, 11) is 0. The lowest BCUT2D eigenvalue weighted by atomic mass is 10.1. The first kappa shape index (κ1) is 31.2. The average Bonchev–Trinajstić information content (AvgIpc) is 2.98. The summed E-state index contributed by atoms with van der Waals surface area (Å²) < 4.78 is 31.1. The van der Waals surface area contributed by atoms with E-state index in [1.54, 1.807) is 60.7 Å². The summed E-state index contributed by atoms with van der Waals surface area (Å²) in [5.74, 6) is -0.973. The van der Waals surface area contributed by atoms with Crippen LogP contribution in [0.1, 0.15) is 40.1 Å². The molecule has 0 aromatic heterocycles. The quantitative estimate of drug-likeness (QED) is 0.0833. The Bertz CT molecular complexity index is 1420. The van der Waals surface area contributed by atoms with E-state index >= 15 is 0 Å². The first-order chi connectivity index (χ1) is 20.1. The largest absolute Gasteiger partial charge is 0.462 e. The van der Waals surface area contributed by atoms with E-state index in [1.807, 2.05) is 0 Å². The minimum absolute atomic E-state index is 0.147. The number of ether oxygens (including phenoxy) is 6. The Kier molecular flexibility index (Phi) is 11.4. The lowest BCUT2D eigenvalue weighted by molar-refractivity contribution is -0.146. The van der Waals surface area contributed by atoms with E-state index in [9.17, 15) is 19.2 Å². The van der Waals surface area contributed by atoms with Gasteiger partial charge in [-0.05, 0) is 80.1 Å². The molecule has 0 aliphatic rings. The normalized spacial score (nSPS) is 10.1. The highest BCUT2D eigenvalue weighted by Crippen LogP contribution is 2.18. The molecule has 3 aromatic carbocycles. The van der Waals surface area contributed by atoms with Crippen molar-refractivity contribution in [2.24, 2.45) is 0 Å². The van der Waals surface area contributed by atoms with Gasteiger partial charge in [-0.25, -0.2) is 19.2 Å². The van der Waals surface area contributed by atoms with Gasteiger partial charge in [0, 0.05) is 17.6 Å². The standard InChI is InChI=1S/C32H30O10/c1-21(2)29(33)40-19-38-26-13-7-24(8-14-26)31(35)37-18-17-23-5-11-28(12-6-23)42-32(36)25-9-15-27(16-10-25)39-20-41-30(34)22(3)4/h5-16H,1,3,17-20H2,2,4H3. The van der Waals surface area contributed by atoms with E-state index < -0.39 is 23.9 Å². The lowest BCUT2D eigenvalue weighted by Crippen LogP contribution is -2.11. The van der Waals surface area contributed by atoms with E-state index in [-0.39, 0.29) is 31.3 Å². The maximum atomic E-state index is 12.5. The highest BCUT2D eigenvalue weighted by atomic mass is 16.7. The van der Waals surface area contributed by atoms with Crippen molar-refractivity contribution in [2.45, 2.75) is 20.3 Å². The van der Waals surface area contributed by atoms with E-state index in [2.05, 4.69) is 13.2 Å². The highest BCUT2D eigenvalue weighted by molar-refractivity contribution is 5.91. The number of carbonyl (C=O) groups excluding carboxylic acids is 4. The van der Waals surface area contributed by atoms with Crippen LogP contribution in [0.5, 0.6) is 17.2 Å². The molecule has 0 saturated heterocycles. The van der Waals surface area contributed by atoms with Crippen LogP contribution in [-0.4, -0.2) is 44.1 Å². The van der Waals surface area contributed by atoms with Crippen molar-refractivity contribution in [3.05, 3.63) is 114 Å². The SMILES string of the molecule is C=C(C)C(=O)OCOc1ccc(C(=O)OCCc2ccc(OC(=O)c3ccc(OCOC(=O)C(=C)C)cc3)cc2)cc1. The Hall–Kier alpha value is -5.38. The van der Waals surface area contributed by atoms with E-state index in [0.717, 1.165) is 5.56 Å². The molecule has 3 aromatic rings. The average molecular weight is 575 g/mol. The van der Waals surface area contributed by atoms with Crippen molar-refractivity contribution < 1.29 is 47.6 Å². The number of hydrogen-bond acceptors (Lipinski definition) is 10. The zero-order chi connectivity index (χ0) is 30.5. The summed E-state index contributed by atoms with van der Waals surface area (Å²) >= 11 is 0. The van der Waals surface area contributed by atoms with Crippen molar-refractivity contribution in [3.63, 3.8) is 0 Å². The summed E-state index contributed by atoms with van der Waals surface area (Å²) in [5.41, 5.74) is 2.06. The molecule has 218 valence electrons. The molecule has 0 heterocycles. The number of rotatable bonds is 14. The Labute approximate surface area is 243 Å². The van der Waals surface area contributed by atoms with Crippen molar-refractivity contribution in [3.8, 4) is 17.2 Å². The fraction of sp³-hybridized carbons (Fsp3) is 0.188. The van der Waals surface area contributed by atoms with Crippen LogP contribution >= 0.6 is 0 Å². The Balaban J connectivity index is 1.39. The van der Waals surface area contributed by atoms with Gasteiger partial charge in [-0.1, -0.05) is 25.3 Å². The fourth-order valence-electron chi connectivity index (χ4n) is 3.16. The van der Waals surface area contributed by atoms with Gasteiger partial charge >= 0.3 is 23.9 Å². The molecule has 0 aliphatic carbocycles. The zero-order valence-electron chi connectivity index (χ0n) is 23.3. The van der Waals surface area contributed by atoms with Gasteiger partial charge < -0.3 is 28.4 Å². The van der Waals surface area contributed by atoms with Gasteiger partial charge in [0.2, 0.25) is 13.6 Å². The van der Waals surface area contributed by atoms with Gasteiger partial charge in [-0.15, -0.1) is 0 Å². The van der Waals surface area contributed by atoms with Crippen LogP contribution in [0, 0.1) is 0 Å². The van der Waals surface area contributed by atoms with Gasteiger partial charge in [-0.2, -0.15) is 0 Å². The van der Waals surface area contributed by atoms with E-state index in [1.165, 1.54) is 26.0 Å².